The van der Waals surface area contributed by atoms with Gasteiger partial charge in [0, 0.05) is 12.7 Å². The maximum atomic E-state index is 11.7. The molecule has 2 heterocycles. The molecule has 1 N–H and O–H groups in total. The van der Waals surface area contributed by atoms with Gasteiger partial charge in [-0.1, -0.05) is 6.07 Å². The number of ether oxygens (including phenoxy) is 2. The lowest BCUT2D eigenvalue weighted by Crippen LogP contribution is -2.34. The third-order valence-electron chi connectivity index (χ3n) is 2.46. The maximum absolute atomic E-state index is 11.7. The Morgan fingerprint density at radius 3 is 3.00 bits per heavy atom. The molecule has 0 bridgehead atoms. The summed E-state index contributed by atoms with van der Waals surface area (Å²) in [7, 11) is 0. The number of nitrogens with zero attached hydrogens (tertiary/aromatic N) is 1. The molecule has 1 aliphatic heterocycles. The first kappa shape index (κ1) is 12.0. The molecule has 0 spiro atoms. The zero-order chi connectivity index (χ0) is 12.3. The lowest BCUT2D eigenvalue weighted by atomic mass is 10.3. The Morgan fingerprint density at radius 2 is 2.41 bits per heavy atom. The minimum absolute atomic E-state index is 0.0994. The highest BCUT2D eigenvalue weighted by Gasteiger charge is 2.32. The molecule has 5 heteroatoms. The summed E-state index contributed by atoms with van der Waals surface area (Å²) < 4.78 is 11.0. The van der Waals surface area contributed by atoms with Crippen LogP contribution < -0.4 is 5.32 Å². The smallest absolute Gasteiger partial charge is 0.269 e. The second-order valence-corrected chi connectivity index (χ2v) is 4.38. The summed E-state index contributed by atoms with van der Waals surface area (Å²) in [6.45, 7) is 4.63. The molecule has 0 saturated carbocycles. The van der Waals surface area contributed by atoms with E-state index in [4.69, 9.17) is 9.47 Å². The van der Waals surface area contributed by atoms with E-state index >= 15 is 0 Å². The van der Waals surface area contributed by atoms with Gasteiger partial charge >= 0.3 is 0 Å². The zero-order valence-corrected chi connectivity index (χ0v) is 9.97. The van der Waals surface area contributed by atoms with E-state index in [0.29, 0.717) is 18.8 Å². The van der Waals surface area contributed by atoms with Crippen LogP contribution in [0.3, 0.4) is 0 Å². The van der Waals surface area contributed by atoms with Gasteiger partial charge in [0.1, 0.15) is 11.8 Å². The van der Waals surface area contributed by atoms with Crippen molar-refractivity contribution in [3.8, 4) is 0 Å². The third kappa shape index (κ3) is 3.25. The summed E-state index contributed by atoms with van der Waals surface area (Å²) in [5.41, 5.74) is 0.408. The number of carbonyl (C=O) groups is 1. The molecule has 1 aliphatic rings. The molecule has 0 radical (unpaired) electrons. The Labute approximate surface area is 100 Å². The van der Waals surface area contributed by atoms with Crippen molar-refractivity contribution < 1.29 is 14.3 Å². The van der Waals surface area contributed by atoms with Crippen molar-refractivity contribution >= 4 is 5.91 Å². The third-order valence-corrected chi connectivity index (χ3v) is 2.46. The summed E-state index contributed by atoms with van der Waals surface area (Å²) in [5, 5.41) is 2.77. The van der Waals surface area contributed by atoms with Crippen LogP contribution in [0.4, 0.5) is 0 Å². The summed E-state index contributed by atoms with van der Waals surface area (Å²) in [6.07, 6.45) is 1.49. The first-order chi connectivity index (χ1) is 8.07. The van der Waals surface area contributed by atoms with Gasteiger partial charge in [-0.3, -0.25) is 9.78 Å². The van der Waals surface area contributed by atoms with E-state index in [9.17, 15) is 4.79 Å². The number of pyridine rings is 1. The molecule has 5 nitrogen and oxygen atoms in total. The van der Waals surface area contributed by atoms with E-state index in [2.05, 4.69) is 10.3 Å². The second-order valence-electron chi connectivity index (χ2n) is 4.38. The fourth-order valence-electron chi connectivity index (χ4n) is 1.66. The summed E-state index contributed by atoms with van der Waals surface area (Å²) in [6, 6.07) is 5.22. The molecule has 0 aliphatic carbocycles. The number of hydrogen-bond acceptors (Lipinski definition) is 4. The highest BCUT2D eigenvalue weighted by molar-refractivity contribution is 5.92. The fourth-order valence-corrected chi connectivity index (χ4v) is 1.66. The van der Waals surface area contributed by atoms with Crippen LogP contribution in [-0.4, -0.2) is 35.9 Å². The Kier molecular flexibility index (Phi) is 3.40. The number of nitrogens with one attached hydrogen (secondary N) is 1. The fraction of sp³-hybridized carbons (Fsp3) is 0.500. The zero-order valence-electron chi connectivity index (χ0n) is 9.97. The van der Waals surface area contributed by atoms with Crippen molar-refractivity contribution in [2.75, 3.05) is 13.2 Å². The van der Waals surface area contributed by atoms with E-state index in [1.807, 2.05) is 13.8 Å². The van der Waals surface area contributed by atoms with E-state index in [1.54, 1.807) is 24.4 Å². The largest absolute Gasteiger partial charge is 0.348 e. The van der Waals surface area contributed by atoms with E-state index in [1.165, 1.54) is 0 Å². The van der Waals surface area contributed by atoms with Crippen LogP contribution in [0.5, 0.6) is 0 Å². The summed E-state index contributed by atoms with van der Waals surface area (Å²) >= 11 is 0. The number of aromatic nitrogens is 1. The van der Waals surface area contributed by atoms with Gasteiger partial charge in [0.05, 0.1) is 6.61 Å². The highest BCUT2D eigenvalue weighted by Crippen LogP contribution is 2.21. The molecule has 1 saturated heterocycles. The van der Waals surface area contributed by atoms with Gasteiger partial charge in [-0.05, 0) is 26.0 Å². The normalized spacial score (nSPS) is 22.4. The topological polar surface area (TPSA) is 60.5 Å². The van der Waals surface area contributed by atoms with Gasteiger partial charge < -0.3 is 14.8 Å². The quantitative estimate of drug-likeness (QED) is 0.849. The van der Waals surface area contributed by atoms with Crippen molar-refractivity contribution in [2.45, 2.75) is 25.7 Å². The minimum Gasteiger partial charge on any atom is -0.348 e. The number of rotatable bonds is 3. The second kappa shape index (κ2) is 4.81. The number of hydrogen-bond donors (Lipinski definition) is 1. The molecule has 1 atom stereocenters. The average molecular weight is 236 g/mol. The van der Waals surface area contributed by atoms with Crippen molar-refractivity contribution in [1.82, 2.24) is 10.3 Å². The van der Waals surface area contributed by atoms with Crippen LogP contribution in [-0.2, 0) is 9.47 Å². The van der Waals surface area contributed by atoms with E-state index in [0.717, 1.165) is 0 Å². The monoisotopic (exact) mass is 236 g/mol. The predicted molar refractivity (Wildman–Crippen MR) is 61.5 cm³/mol. The van der Waals surface area contributed by atoms with Gasteiger partial charge in [-0.15, -0.1) is 0 Å². The lowest BCUT2D eigenvalue weighted by Gasteiger charge is -2.17. The number of carbonyl (C=O) groups excluding carboxylic acids is 1. The summed E-state index contributed by atoms with van der Waals surface area (Å²) in [4.78, 5) is 15.7. The summed E-state index contributed by atoms with van der Waals surface area (Å²) in [5.74, 6) is -0.751. The molecule has 92 valence electrons. The Balaban J connectivity index is 1.82. The molecule has 17 heavy (non-hydrogen) atoms. The van der Waals surface area contributed by atoms with Gasteiger partial charge in [0.25, 0.3) is 5.91 Å². The van der Waals surface area contributed by atoms with Gasteiger partial charge in [0.15, 0.2) is 5.79 Å². The number of amides is 1. The van der Waals surface area contributed by atoms with Crippen LogP contribution in [0.25, 0.3) is 0 Å². The van der Waals surface area contributed by atoms with Crippen LogP contribution >= 0.6 is 0 Å². The molecular formula is C12H16N2O3. The SMILES string of the molecule is CC1(C)OCC(CNC(=O)c2ccccn2)O1. The molecular weight excluding hydrogens is 220 g/mol. The molecule has 1 fully saturated rings. The van der Waals surface area contributed by atoms with Crippen molar-refractivity contribution in [2.24, 2.45) is 0 Å². The van der Waals surface area contributed by atoms with Crippen molar-refractivity contribution in [1.29, 1.82) is 0 Å². The first-order valence-corrected chi connectivity index (χ1v) is 5.58. The molecule has 0 aromatic carbocycles. The minimum atomic E-state index is -0.555. The maximum Gasteiger partial charge on any atom is 0.269 e. The Hall–Kier alpha value is -1.46. The van der Waals surface area contributed by atoms with E-state index < -0.39 is 5.79 Å². The predicted octanol–water partition coefficient (Wildman–Crippen LogP) is 0.963. The Bertz CT molecular complexity index is 392. The molecule has 1 unspecified atom stereocenters. The lowest BCUT2D eigenvalue weighted by molar-refractivity contribution is -0.137. The molecule has 2 rings (SSSR count). The van der Waals surface area contributed by atoms with Gasteiger partial charge in [-0.25, -0.2) is 0 Å². The highest BCUT2D eigenvalue weighted by atomic mass is 16.7. The molecule has 1 amide bonds. The standard InChI is InChI=1S/C12H16N2O3/c1-12(2)16-8-9(17-12)7-14-11(15)10-5-3-4-6-13-10/h3-6,9H,7-8H2,1-2H3,(H,14,15). The van der Waals surface area contributed by atoms with Crippen molar-refractivity contribution in [3.63, 3.8) is 0 Å². The van der Waals surface area contributed by atoms with Gasteiger partial charge in [0.2, 0.25) is 0 Å². The van der Waals surface area contributed by atoms with Crippen molar-refractivity contribution in [3.05, 3.63) is 30.1 Å². The molecule has 1 aromatic rings. The Morgan fingerprint density at radius 1 is 1.59 bits per heavy atom. The average Bonchev–Trinajstić information content (AvgIpc) is 2.67. The molecule has 1 aromatic heterocycles. The van der Waals surface area contributed by atoms with Crippen LogP contribution in [0, 0.1) is 0 Å². The van der Waals surface area contributed by atoms with Crippen LogP contribution in [0.1, 0.15) is 24.3 Å². The first-order valence-electron chi connectivity index (χ1n) is 5.58. The van der Waals surface area contributed by atoms with Crippen LogP contribution in [0.2, 0.25) is 0 Å². The van der Waals surface area contributed by atoms with Crippen LogP contribution in [0.15, 0.2) is 24.4 Å². The van der Waals surface area contributed by atoms with E-state index in [-0.39, 0.29) is 12.0 Å². The van der Waals surface area contributed by atoms with Gasteiger partial charge in [-0.2, -0.15) is 0 Å².